The number of fused-ring (bicyclic) bond motifs is 1. The molecule has 0 bridgehead atoms. The van der Waals surface area contributed by atoms with Gasteiger partial charge in [0.2, 0.25) is 0 Å². The molecule has 3 N–H and O–H groups in total. The van der Waals surface area contributed by atoms with E-state index in [-0.39, 0.29) is 11.7 Å². The van der Waals surface area contributed by atoms with E-state index in [9.17, 15) is 9.90 Å². The highest BCUT2D eigenvalue weighted by molar-refractivity contribution is 6.07. The lowest BCUT2D eigenvalue weighted by Gasteiger charge is -2.14. The van der Waals surface area contributed by atoms with Crippen molar-refractivity contribution in [2.75, 3.05) is 0 Å². The molecular weight excluding hydrogens is 374 g/mol. The Morgan fingerprint density at radius 1 is 0.933 bits per heavy atom. The number of hydrogen-bond acceptors (Lipinski definition) is 4. The van der Waals surface area contributed by atoms with Crippen LogP contribution in [0.2, 0.25) is 0 Å². The number of nitrogens with zero attached hydrogens (tertiary/aromatic N) is 1. The third-order valence-corrected chi connectivity index (χ3v) is 4.85. The smallest absolute Gasteiger partial charge is 0.270 e. The Bertz CT molecular complexity index is 1230. The number of pyridine rings is 1. The van der Waals surface area contributed by atoms with E-state index in [0.717, 1.165) is 33.3 Å². The van der Waals surface area contributed by atoms with Crippen molar-refractivity contribution in [1.82, 2.24) is 15.8 Å². The normalized spacial score (nSPS) is 10.6. The number of hydrazine groups is 1. The molecule has 1 amide bonds. The van der Waals surface area contributed by atoms with Gasteiger partial charge in [0, 0.05) is 10.9 Å². The average molecular weight is 395 g/mol. The summed E-state index contributed by atoms with van der Waals surface area (Å²) in [4.78, 5) is 17.7. The van der Waals surface area contributed by atoms with Crippen LogP contribution >= 0.6 is 0 Å². The third-order valence-electron chi connectivity index (χ3n) is 4.85. The number of hydrogen-bond donors (Lipinski definition) is 3. The fraction of sp³-hybridized carbons (Fsp3) is 0.0400. The van der Waals surface area contributed by atoms with Gasteiger partial charge < -0.3 is 5.11 Å². The molecule has 0 atom stereocenters. The summed E-state index contributed by atoms with van der Waals surface area (Å²) in [6, 6.07) is 24.0. The molecule has 0 saturated heterocycles. The zero-order valence-corrected chi connectivity index (χ0v) is 16.5. The fourth-order valence-corrected chi connectivity index (χ4v) is 3.17. The molecule has 1 heterocycles. The molecule has 5 nitrogen and oxygen atoms in total. The summed E-state index contributed by atoms with van der Waals surface area (Å²) in [5.74, 6) is -0.121. The number of phenolic OH excluding ortho intramolecular Hbond substituents is 1. The molecule has 0 aliphatic carbocycles. The van der Waals surface area contributed by atoms with Crippen molar-refractivity contribution in [2.24, 2.45) is 0 Å². The van der Waals surface area contributed by atoms with E-state index in [1.54, 1.807) is 30.3 Å². The number of amides is 1. The molecule has 148 valence electrons. The predicted molar refractivity (Wildman–Crippen MR) is 120 cm³/mol. The minimum atomic E-state index is -0.290. The Morgan fingerprint density at radius 2 is 1.63 bits per heavy atom. The van der Waals surface area contributed by atoms with Crippen LogP contribution in [0.25, 0.3) is 27.9 Å². The number of para-hydroxylation sites is 1. The molecule has 4 aromatic rings. The number of aromatic hydroxyl groups is 1. The van der Waals surface area contributed by atoms with Gasteiger partial charge in [-0.3, -0.25) is 15.6 Å². The first-order valence-electron chi connectivity index (χ1n) is 9.53. The van der Waals surface area contributed by atoms with Crippen LogP contribution in [0, 0.1) is 6.92 Å². The van der Waals surface area contributed by atoms with Crippen molar-refractivity contribution in [3.8, 4) is 17.0 Å². The van der Waals surface area contributed by atoms with Crippen molar-refractivity contribution < 1.29 is 9.90 Å². The van der Waals surface area contributed by atoms with Crippen molar-refractivity contribution in [3.05, 3.63) is 102 Å². The SMILES string of the molecule is C=C(NNC(=O)c1cc(-c2ccc(C)cc2)nc2ccccc12)c1ccc(O)cc1. The van der Waals surface area contributed by atoms with Gasteiger partial charge in [-0.2, -0.15) is 0 Å². The first-order valence-corrected chi connectivity index (χ1v) is 9.53. The molecule has 30 heavy (non-hydrogen) atoms. The van der Waals surface area contributed by atoms with Crippen molar-refractivity contribution in [2.45, 2.75) is 6.92 Å². The number of aryl methyl sites for hydroxylation is 1. The second kappa shape index (κ2) is 8.09. The van der Waals surface area contributed by atoms with Gasteiger partial charge in [0.15, 0.2) is 0 Å². The lowest BCUT2D eigenvalue weighted by molar-refractivity contribution is 0.0944. The number of phenols is 1. The van der Waals surface area contributed by atoms with Crippen LogP contribution in [0.15, 0.2) is 85.4 Å². The Hall–Kier alpha value is -4.12. The number of carbonyl (C=O) groups is 1. The largest absolute Gasteiger partial charge is 0.508 e. The number of rotatable bonds is 5. The summed E-state index contributed by atoms with van der Waals surface area (Å²) < 4.78 is 0. The van der Waals surface area contributed by atoms with E-state index in [4.69, 9.17) is 4.98 Å². The molecule has 0 aliphatic heterocycles. The van der Waals surface area contributed by atoms with E-state index < -0.39 is 0 Å². The lowest BCUT2D eigenvalue weighted by atomic mass is 10.0. The second-order valence-electron chi connectivity index (χ2n) is 7.04. The van der Waals surface area contributed by atoms with Crippen LogP contribution in [0.4, 0.5) is 0 Å². The maximum absolute atomic E-state index is 13.0. The van der Waals surface area contributed by atoms with Crippen molar-refractivity contribution in [1.29, 1.82) is 0 Å². The summed E-state index contributed by atoms with van der Waals surface area (Å²) in [5, 5.41) is 10.2. The molecule has 4 rings (SSSR count). The molecule has 0 fully saturated rings. The lowest BCUT2D eigenvalue weighted by Crippen LogP contribution is -2.36. The molecule has 0 spiro atoms. The van der Waals surface area contributed by atoms with Crippen LogP contribution in [-0.4, -0.2) is 16.0 Å². The predicted octanol–water partition coefficient (Wildman–Crippen LogP) is 4.82. The Labute approximate surface area is 174 Å². The van der Waals surface area contributed by atoms with E-state index in [1.165, 1.54) is 0 Å². The Morgan fingerprint density at radius 3 is 2.37 bits per heavy atom. The summed E-state index contributed by atoms with van der Waals surface area (Å²) >= 11 is 0. The molecule has 0 radical (unpaired) electrons. The van der Waals surface area contributed by atoms with Gasteiger partial charge in [0.1, 0.15) is 5.75 Å². The van der Waals surface area contributed by atoms with Gasteiger partial charge in [-0.15, -0.1) is 0 Å². The maximum atomic E-state index is 13.0. The van der Waals surface area contributed by atoms with Gasteiger partial charge in [-0.05, 0) is 48.9 Å². The van der Waals surface area contributed by atoms with E-state index in [0.29, 0.717) is 11.3 Å². The van der Waals surface area contributed by atoms with Crippen LogP contribution < -0.4 is 10.9 Å². The van der Waals surface area contributed by atoms with Gasteiger partial charge in [0.25, 0.3) is 5.91 Å². The maximum Gasteiger partial charge on any atom is 0.270 e. The Balaban J connectivity index is 1.63. The van der Waals surface area contributed by atoms with E-state index in [1.807, 2.05) is 55.5 Å². The van der Waals surface area contributed by atoms with Crippen molar-refractivity contribution in [3.63, 3.8) is 0 Å². The van der Waals surface area contributed by atoms with Crippen LogP contribution in [0.3, 0.4) is 0 Å². The van der Waals surface area contributed by atoms with E-state index in [2.05, 4.69) is 17.4 Å². The highest BCUT2D eigenvalue weighted by atomic mass is 16.3. The van der Waals surface area contributed by atoms with Crippen LogP contribution in [-0.2, 0) is 0 Å². The van der Waals surface area contributed by atoms with Gasteiger partial charge in [-0.25, -0.2) is 4.98 Å². The number of aromatic nitrogens is 1. The summed E-state index contributed by atoms with van der Waals surface area (Å²) in [7, 11) is 0. The Kier molecular flexibility index (Phi) is 5.18. The quantitative estimate of drug-likeness (QED) is 0.424. The minimum absolute atomic E-state index is 0.169. The summed E-state index contributed by atoms with van der Waals surface area (Å²) in [6.45, 7) is 5.97. The fourth-order valence-electron chi connectivity index (χ4n) is 3.17. The first-order chi connectivity index (χ1) is 14.5. The zero-order chi connectivity index (χ0) is 21.1. The van der Waals surface area contributed by atoms with Gasteiger partial charge >= 0.3 is 0 Å². The minimum Gasteiger partial charge on any atom is -0.508 e. The molecule has 5 heteroatoms. The molecule has 0 unspecified atom stereocenters. The van der Waals surface area contributed by atoms with Crippen LogP contribution in [0.1, 0.15) is 21.5 Å². The first kappa shape index (κ1) is 19.2. The second-order valence-corrected chi connectivity index (χ2v) is 7.04. The molecule has 3 aromatic carbocycles. The van der Waals surface area contributed by atoms with Gasteiger partial charge in [-0.1, -0.05) is 54.6 Å². The highest BCUT2D eigenvalue weighted by Gasteiger charge is 2.14. The molecule has 1 aromatic heterocycles. The molecular formula is C25H21N3O2. The summed E-state index contributed by atoms with van der Waals surface area (Å²) in [5.41, 5.74) is 10.9. The number of benzene rings is 3. The van der Waals surface area contributed by atoms with Crippen molar-refractivity contribution >= 4 is 22.5 Å². The average Bonchev–Trinajstić information content (AvgIpc) is 2.77. The summed E-state index contributed by atoms with van der Waals surface area (Å²) in [6.07, 6.45) is 0. The van der Waals surface area contributed by atoms with Crippen LogP contribution in [0.5, 0.6) is 5.75 Å². The van der Waals surface area contributed by atoms with E-state index >= 15 is 0 Å². The highest BCUT2D eigenvalue weighted by Crippen LogP contribution is 2.25. The topological polar surface area (TPSA) is 74.2 Å². The molecule has 0 aliphatic rings. The van der Waals surface area contributed by atoms with Gasteiger partial charge in [0.05, 0.1) is 22.5 Å². The number of nitrogens with one attached hydrogen (secondary N) is 2. The standard InChI is InChI=1S/C25H21N3O2/c1-16-7-9-19(10-8-16)24-15-22(21-5-3-4-6-23(21)26-24)25(30)28-27-17(2)18-11-13-20(29)14-12-18/h3-15,27,29H,2H2,1H3,(H,28,30). The third kappa shape index (κ3) is 4.00. The number of carbonyl (C=O) groups excluding carboxylic acids is 1. The zero-order valence-electron chi connectivity index (χ0n) is 16.5. The molecule has 0 saturated carbocycles. The monoisotopic (exact) mass is 395 g/mol.